The van der Waals surface area contributed by atoms with Crippen LogP contribution in [0.2, 0.25) is 0 Å². The van der Waals surface area contributed by atoms with Gasteiger partial charge in [0.15, 0.2) is 0 Å². The van der Waals surface area contributed by atoms with Crippen LogP contribution >= 0.6 is 7.60 Å². The Kier molecular flexibility index (Phi) is 17.2. The summed E-state index contributed by atoms with van der Waals surface area (Å²) in [4.78, 5) is 18.5. The number of hydrogen-bond donors (Lipinski definition) is 3. The van der Waals surface area contributed by atoms with Crippen molar-refractivity contribution in [3.8, 4) is 0 Å². The maximum Gasteiger partial charge on any atom is 0.331 e. The van der Waals surface area contributed by atoms with Gasteiger partial charge in [0.05, 0.1) is 11.3 Å². The second-order valence-corrected chi connectivity index (χ2v) is 5.86. The van der Waals surface area contributed by atoms with E-state index in [4.69, 9.17) is 0 Å². The van der Waals surface area contributed by atoms with Crippen molar-refractivity contribution in [3.05, 3.63) is 0 Å². The molecule has 1 unspecified atom stereocenters. The average molecular weight is 307 g/mol. The molecular weight excluding hydrogens is 278 g/mol. The van der Waals surface area contributed by atoms with Crippen molar-refractivity contribution in [3.63, 3.8) is 0 Å². The Morgan fingerprint density at radius 3 is 1.72 bits per heavy atom. The second kappa shape index (κ2) is 12.5. The van der Waals surface area contributed by atoms with Crippen LogP contribution in [0.4, 0.5) is 0 Å². The van der Waals surface area contributed by atoms with E-state index in [2.05, 4.69) is 0 Å². The summed E-state index contributed by atoms with van der Waals surface area (Å²) in [5.74, 6) is 0. The zero-order valence-electron chi connectivity index (χ0n) is 12.8. The molecule has 0 rings (SSSR count). The summed E-state index contributed by atoms with van der Waals surface area (Å²) in [6, 6.07) is 0. The van der Waals surface area contributed by atoms with Gasteiger partial charge in [-0.25, -0.2) is 0 Å². The van der Waals surface area contributed by atoms with E-state index in [1.807, 2.05) is 20.8 Å². The summed E-state index contributed by atoms with van der Waals surface area (Å²) in [6.45, 7) is 9.49. The molecule has 0 aliphatic carbocycles. The van der Waals surface area contributed by atoms with Gasteiger partial charge in [-0.3, -0.25) is 4.57 Å². The van der Waals surface area contributed by atoms with Crippen LogP contribution in [0.1, 0.15) is 66.7 Å². The molecule has 3 N–H and O–H groups in total. The number of rotatable bonds is 7. The fourth-order valence-corrected chi connectivity index (χ4v) is 3.38. The molecule has 6 heteroatoms. The van der Waals surface area contributed by atoms with Crippen LogP contribution in [0.25, 0.3) is 0 Å². The molecule has 107 valence electrons. The Morgan fingerprint density at radius 2 is 1.50 bits per heavy atom. The largest absolute Gasteiger partial charge is 0.389 e. The molecule has 0 saturated carbocycles. The molecule has 1 atom stereocenters. The number of unbranched alkanes of at least 4 members (excludes halogenated alkanes) is 1. The van der Waals surface area contributed by atoms with Crippen molar-refractivity contribution in [1.82, 2.24) is 0 Å². The first kappa shape index (κ1) is 24.7. The first-order chi connectivity index (χ1) is 7.81. The van der Waals surface area contributed by atoms with Gasteiger partial charge in [0.25, 0.3) is 0 Å². The maximum atomic E-state index is 11.3. The van der Waals surface area contributed by atoms with E-state index < -0.39 is 18.9 Å². The first-order valence-corrected chi connectivity index (χ1v) is 8.27. The van der Waals surface area contributed by atoms with Gasteiger partial charge in [0, 0.05) is 51.4 Å². The van der Waals surface area contributed by atoms with Crippen LogP contribution in [0.5, 0.6) is 0 Å². The molecule has 0 spiro atoms. The van der Waals surface area contributed by atoms with E-state index >= 15 is 0 Å². The molecule has 0 fully saturated rings. The Labute approximate surface area is 155 Å². The molecule has 0 heterocycles. The predicted molar refractivity (Wildman–Crippen MR) is 78.0 cm³/mol. The molecular formula is C12H29KO4P. The van der Waals surface area contributed by atoms with Gasteiger partial charge in [-0.2, -0.15) is 0 Å². The third-order valence-electron chi connectivity index (χ3n) is 3.08. The Morgan fingerprint density at radius 1 is 1.11 bits per heavy atom. The van der Waals surface area contributed by atoms with E-state index in [0.717, 1.165) is 12.8 Å². The monoisotopic (exact) mass is 307 g/mol. The van der Waals surface area contributed by atoms with Crippen LogP contribution in [-0.4, -0.2) is 77.5 Å². The van der Waals surface area contributed by atoms with Crippen LogP contribution < -0.4 is 0 Å². The van der Waals surface area contributed by atoms with Crippen LogP contribution in [0.15, 0.2) is 0 Å². The smallest absolute Gasteiger partial charge is 0.331 e. The zero-order chi connectivity index (χ0) is 14.1. The van der Waals surface area contributed by atoms with Crippen LogP contribution in [0.3, 0.4) is 0 Å². The van der Waals surface area contributed by atoms with E-state index in [9.17, 15) is 19.5 Å². The summed E-state index contributed by atoms with van der Waals surface area (Å²) in [7, 11) is -4.21. The molecule has 18 heavy (non-hydrogen) atoms. The van der Waals surface area contributed by atoms with Crippen molar-refractivity contribution in [1.29, 1.82) is 0 Å². The second-order valence-electron chi connectivity index (χ2n) is 4.06. The molecule has 4 nitrogen and oxygen atoms in total. The van der Waals surface area contributed by atoms with Crippen molar-refractivity contribution in [2.75, 3.05) is 0 Å². The standard InChI is InChI=1S/C10H23O4P.C2H6.K/c1-4-7-8-9(15(12,13)14)10(11,5-2)6-3;1-2;/h9,11H,4-8H2,1-3H3,(H2,12,13,14);1-2H3;. The van der Waals surface area contributed by atoms with Crippen molar-refractivity contribution in [2.45, 2.75) is 78.0 Å². The quantitative estimate of drug-likeness (QED) is 0.499. The minimum atomic E-state index is -4.21. The van der Waals surface area contributed by atoms with Gasteiger partial charge < -0.3 is 14.9 Å². The minimum absolute atomic E-state index is 0. The van der Waals surface area contributed by atoms with Crippen molar-refractivity contribution < 1.29 is 19.5 Å². The molecule has 1 radical (unpaired) electrons. The van der Waals surface area contributed by atoms with Crippen molar-refractivity contribution in [2.24, 2.45) is 0 Å². The molecule has 0 amide bonds. The van der Waals surface area contributed by atoms with E-state index in [-0.39, 0.29) is 51.4 Å². The number of hydrogen-bond acceptors (Lipinski definition) is 2. The zero-order valence-corrected chi connectivity index (χ0v) is 16.8. The van der Waals surface area contributed by atoms with Gasteiger partial charge in [0.2, 0.25) is 0 Å². The normalized spacial score (nSPS) is 13.1. The Hall–Kier alpha value is 1.75. The molecule has 0 saturated heterocycles. The van der Waals surface area contributed by atoms with Gasteiger partial charge in [0.1, 0.15) is 0 Å². The summed E-state index contributed by atoms with van der Waals surface area (Å²) >= 11 is 0. The molecule has 0 bridgehead atoms. The maximum absolute atomic E-state index is 11.3. The van der Waals surface area contributed by atoms with E-state index in [1.54, 1.807) is 13.8 Å². The van der Waals surface area contributed by atoms with E-state index in [0.29, 0.717) is 19.3 Å². The first-order valence-electron chi connectivity index (χ1n) is 6.59. The van der Waals surface area contributed by atoms with Gasteiger partial charge >= 0.3 is 7.60 Å². The third-order valence-corrected chi connectivity index (χ3v) is 4.63. The van der Waals surface area contributed by atoms with E-state index in [1.165, 1.54) is 0 Å². The summed E-state index contributed by atoms with van der Waals surface area (Å²) in [5, 5.41) is 10.2. The third kappa shape index (κ3) is 8.83. The van der Waals surface area contributed by atoms with Gasteiger partial charge in [-0.05, 0) is 19.3 Å². The SMILES string of the molecule is CC.CCCCC(C(O)(CC)CC)P(=O)(O)O.[K]. The molecule has 0 aromatic carbocycles. The summed E-state index contributed by atoms with van der Waals surface area (Å²) in [6.07, 6.45) is 2.75. The molecule has 0 aliphatic rings. The summed E-state index contributed by atoms with van der Waals surface area (Å²) in [5.41, 5.74) is -2.14. The average Bonchev–Trinajstić information content (AvgIpc) is 2.30. The fraction of sp³-hybridized carbons (Fsp3) is 1.00. The van der Waals surface area contributed by atoms with Crippen molar-refractivity contribution >= 4 is 59.0 Å². The van der Waals surface area contributed by atoms with Gasteiger partial charge in [-0.15, -0.1) is 0 Å². The molecule has 0 aromatic rings. The predicted octanol–water partition coefficient (Wildman–Crippen LogP) is 2.92. The molecule has 0 aromatic heterocycles. The summed E-state index contributed by atoms with van der Waals surface area (Å²) < 4.78 is 11.3. The topological polar surface area (TPSA) is 77.8 Å². The van der Waals surface area contributed by atoms with Crippen LogP contribution in [-0.2, 0) is 4.57 Å². The van der Waals surface area contributed by atoms with Gasteiger partial charge in [-0.1, -0.05) is 47.5 Å². The number of aliphatic hydroxyl groups is 1. The minimum Gasteiger partial charge on any atom is -0.389 e. The Bertz CT molecular complexity index is 226. The van der Waals surface area contributed by atoms with Crippen LogP contribution in [0, 0.1) is 0 Å². The Balaban J connectivity index is -0.000000709. The fourth-order valence-electron chi connectivity index (χ4n) is 1.87. The molecule has 0 aliphatic heterocycles.